The van der Waals surface area contributed by atoms with Gasteiger partial charge in [-0.1, -0.05) is 109 Å². The molecule has 0 N–H and O–H groups in total. The van der Waals surface area contributed by atoms with Crippen LogP contribution in [-0.2, 0) is 0 Å². The number of hydrogen-bond donors (Lipinski definition) is 0. The van der Waals surface area contributed by atoms with E-state index in [9.17, 15) is 0 Å². The van der Waals surface area contributed by atoms with Gasteiger partial charge in [0.1, 0.15) is 11.2 Å². The van der Waals surface area contributed by atoms with E-state index in [1.165, 1.54) is 20.2 Å². The molecule has 0 radical (unpaired) electrons. The highest BCUT2D eigenvalue weighted by Gasteiger charge is 2.21. The molecule has 206 valence electrons. The smallest absolute Gasteiger partial charge is 0.164 e. The number of aromatic nitrogens is 3. The number of fused-ring (bicyclic) bond motifs is 6. The van der Waals surface area contributed by atoms with E-state index in [4.69, 9.17) is 19.4 Å². The lowest BCUT2D eigenvalue weighted by Crippen LogP contribution is -2.00. The highest BCUT2D eigenvalue weighted by molar-refractivity contribution is 7.25. The summed E-state index contributed by atoms with van der Waals surface area (Å²) in [5.41, 5.74) is 6.63. The fourth-order valence-corrected chi connectivity index (χ4v) is 7.29. The van der Waals surface area contributed by atoms with Crippen molar-refractivity contribution < 1.29 is 4.42 Å². The Morgan fingerprint density at radius 2 is 1.00 bits per heavy atom. The van der Waals surface area contributed by atoms with Gasteiger partial charge in [-0.2, -0.15) is 0 Å². The lowest BCUT2D eigenvalue weighted by molar-refractivity contribution is 0.670. The second-order valence-electron chi connectivity index (χ2n) is 10.8. The van der Waals surface area contributed by atoms with Gasteiger partial charge in [-0.05, 0) is 35.9 Å². The van der Waals surface area contributed by atoms with Gasteiger partial charge in [0, 0.05) is 53.2 Å². The average molecular weight is 582 g/mol. The topological polar surface area (TPSA) is 51.8 Å². The molecule has 0 spiro atoms. The molecule has 3 heterocycles. The van der Waals surface area contributed by atoms with E-state index in [0.717, 1.165) is 49.8 Å². The second-order valence-corrected chi connectivity index (χ2v) is 11.9. The minimum Gasteiger partial charge on any atom is -0.455 e. The Hall–Kier alpha value is -5.65. The third kappa shape index (κ3) is 3.94. The van der Waals surface area contributed by atoms with Crippen molar-refractivity contribution in [3.8, 4) is 45.3 Å². The van der Waals surface area contributed by atoms with Crippen LogP contribution in [0.25, 0.3) is 87.4 Å². The SMILES string of the molecule is c1ccc(-c2nc(-c3cccc4sc5ccccc5c34)nc(-c3ccc(-c4ccccc4)c4oc5ccccc5c34)n2)cc1. The summed E-state index contributed by atoms with van der Waals surface area (Å²) in [5, 5.41) is 4.41. The van der Waals surface area contributed by atoms with Gasteiger partial charge in [-0.15, -0.1) is 11.3 Å². The van der Waals surface area contributed by atoms with Crippen molar-refractivity contribution in [2.24, 2.45) is 0 Å². The van der Waals surface area contributed by atoms with Gasteiger partial charge in [0.25, 0.3) is 0 Å². The van der Waals surface area contributed by atoms with Crippen LogP contribution in [0.4, 0.5) is 0 Å². The molecule has 0 saturated carbocycles. The van der Waals surface area contributed by atoms with E-state index in [1.807, 2.05) is 54.6 Å². The molecule has 5 heteroatoms. The van der Waals surface area contributed by atoms with Crippen LogP contribution >= 0.6 is 11.3 Å². The van der Waals surface area contributed by atoms with Gasteiger partial charge < -0.3 is 4.42 Å². The quantitative estimate of drug-likeness (QED) is 0.207. The molecule has 0 fully saturated rings. The molecule has 0 saturated heterocycles. The summed E-state index contributed by atoms with van der Waals surface area (Å²) >= 11 is 1.79. The van der Waals surface area contributed by atoms with Crippen LogP contribution < -0.4 is 0 Å². The first-order valence-electron chi connectivity index (χ1n) is 14.5. The number of rotatable bonds is 4. The fraction of sp³-hybridized carbons (Fsp3) is 0. The molecule has 9 aromatic rings. The molecule has 4 nitrogen and oxygen atoms in total. The zero-order valence-electron chi connectivity index (χ0n) is 23.4. The third-order valence-electron chi connectivity index (χ3n) is 8.16. The standard InChI is InChI=1S/C39H23N3OS/c1-3-12-24(13-4-1)26-22-23-30(35-27-16-7-9-19-31(27)43-36(26)35)39-41-37(25-14-5-2-6-15-25)40-38(42-39)29-18-11-21-33-34(29)28-17-8-10-20-32(28)44-33/h1-23H. The van der Waals surface area contributed by atoms with Crippen molar-refractivity contribution in [1.29, 1.82) is 0 Å². The van der Waals surface area contributed by atoms with Crippen LogP contribution in [0.15, 0.2) is 144 Å². The normalized spacial score (nSPS) is 11.6. The van der Waals surface area contributed by atoms with Crippen molar-refractivity contribution in [1.82, 2.24) is 15.0 Å². The Bertz CT molecular complexity index is 2500. The second kappa shape index (κ2) is 9.97. The highest BCUT2D eigenvalue weighted by atomic mass is 32.1. The third-order valence-corrected chi connectivity index (χ3v) is 9.30. The Morgan fingerprint density at radius 1 is 0.409 bits per heavy atom. The van der Waals surface area contributed by atoms with Crippen LogP contribution in [0.1, 0.15) is 0 Å². The number of hydrogen-bond acceptors (Lipinski definition) is 5. The first-order chi connectivity index (χ1) is 21.8. The van der Waals surface area contributed by atoms with E-state index in [-0.39, 0.29) is 0 Å². The number of nitrogens with zero attached hydrogens (tertiary/aromatic N) is 3. The molecular formula is C39H23N3OS. The minimum atomic E-state index is 0.613. The molecule has 44 heavy (non-hydrogen) atoms. The van der Waals surface area contributed by atoms with Crippen molar-refractivity contribution in [3.05, 3.63) is 140 Å². The van der Waals surface area contributed by atoms with Gasteiger partial charge in [-0.25, -0.2) is 15.0 Å². The van der Waals surface area contributed by atoms with Crippen molar-refractivity contribution >= 4 is 53.4 Å². The molecular weight excluding hydrogens is 559 g/mol. The van der Waals surface area contributed by atoms with Gasteiger partial charge in [0.05, 0.1) is 0 Å². The van der Waals surface area contributed by atoms with Crippen LogP contribution in [-0.4, -0.2) is 15.0 Å². The van der Waals surface area contributed by atoms with E-state index in [1.54, 1.807) is 11.3 Å². The zero-order chi connectivity index (χ0) is 29.0. The maximum Gasteiger partial charge on any atom is 0.164 e. The fourth-order valence-electron chi connectivity index (χ4n) is 6.15. The molecule has 0 aliphatic heterocycles. The highest BCUT2D eigenvalue weighted by Crippen LogP contribution is 2.43. The van der Waals surface area contributed by atoms with Gasteiger partial charge in [0.2, 0.25) is 0 Å². The Morgan fingerprint density at radius 3 is 1.80 bits per heavy atom. The lowest BCUT2D eigenvalue weighted by atomic mass is 9.98. The number of para-hydroxylation sites is 1. The van der Waals surface area contributed by atoms with E-state index >= 15 is 0 Å². The number of benzene rings is 6. The summed E-state index contributed by atoms with van der Waals surface area (Å²) in [5.74, 6) is 1.90. The largest absolute Gasteiger partial charge is 0.455 e. The van der Waals surface area contributed by atoms with Crippen molar-refractivity contribution in [2.45, 2.75) is 0 Å². The first kappa shape index (κ1) is 24.9. The molecule has 0 aliphatic carbocycles. The van der Waals surface area contributed by atoms with Crippen LogP contribution in [0.3, 0.4) is 0 Å². The predicted octanol–water partition coefficient (Wildman–Crippen LogP) is 10.8. The Balaban J connectivity index is 1.36. The van der Waals surface area contributed by atoms with Gasteiger partial charge >= 0.3 is 0 Å². The summed E-state index contributed by atoms with van der Waals surface area (Å²) in [4.78, 5) is 15.4. The minimum absolute atomic E-state index is 0.613. The number of thiophene rings is 1. The Labute approximate surface area is 256 Å². The summed E-state index contributed by atoms with van der Waals surface area (Å²) in [7, 11) is 0. The molecule has 0 unspecified atom stereocenters. The summed E-state index contributed by atoms with van der Waals surface area (Å²) in [6, 6.07) is 47.8. The summed E-state index contributed by atoms with van der Waals surface area (Å²) in [6.07, 6.45) is 0. The molecule has 3 aromatic heterocycles. The lowest BCUT2D eigenvalue weighted by Gasteiger charge is -2.11. The molecule has 9 rings (SSSR count). The number of furan rings is 1. The summed E-state index contributed by atoms with van der Waals surface area (Å²) < 4.78 is 9.01. The van der Waals surface area contributed by atoms with E-state index in [0.29, 0.717) is 17.5 Å². The predicted molar refractivity (Wildman–Crippen MR) is 182 cm³/mol. The molecule has 0 atom stereocenters. The maximum atomic E-state index is 6.56. The average Bonchev–Trinajstić information content (AvgIpc) is 3.68. The van der Waals surface area contributed by atoms with Crippen LogP contribution in [0.5, 0.6) is 0 Å². The molecule has 0 aliphatic rings. The van der Waals surface area contributed by atoms with Gasteiger partial charge in [0.15, 0.2) is 17.5 Å². The molecule has 0 bridgehead atoms. The van der Waals surface area contributed by atoms with Crippen molar-refractivity contribution in [3.63, 3.8) is 0 Å². The van der Waals surface area contributed by atoms with Crippen LogP contribution in [0, 0.1) is 0 Å². The molecule has 0 amide bonds. The summed E-state index contributed by atoms with van der Waals surface area (Å²) in [6.45, 7) is 0. The van der Waals surface area contributed by atoms with E-state index in [2.05, 4.69) is 84.9 Å². The zero-order valence-corrected chi connectivity index (χ0v) is 24.3. The monoisotopic (exact) mass is 581 g/mol. The van der Waals surface area contributed by atoms with Gasteiger partial charge in [-0.3, -0.25) is 0 Å². The van der Waals surface area contributed by atoms with E-state index < -0.39 is 0 Å². The van der Waals surface area contributed by atoms with Crippen LogP contribution in [0.2, 0.25) is 0 Å². The Kier molecular flexibility index (Phi) is 5.64. The molecule has 6 aromatic carbocycles. The first-order valence-corrected chi connectivity index (χ1v) is 15.4. The van der Waals surface area contributed by atoms with Crippen molar-refractivity contribution in [2.75, 3.05) is 0 Å². The maximum absolute atomic E-state index is 6.56.